The van der Waals surface area contributed by atoms with Gasteiger partial charge >= 0.3 is 19.8 Å². The van der Waals surface area contributed by atoms with E-state index in [2.05, 4.69) is 269 Å². The van der Waals surface area contributed by atoms with Crippen LogP contribution >= 0.6 is 7.82 Å². The van der Waals surface area contributed by atoms with Crippen molar-refractivity contribution < 1.29 is 37.6 Å². The van der Waals surface area contributed by atoms with E-state index >= 15 is 0 Å². The molecule has 0 rings (SSSR count). The van der Waals surface area contributed by atoms with Crippen molar-refractivity contribution in [2.45, 2.75) is 251 Å². The van der Waals surface area contributed by atoms with E-state index in [1.807, 2.05) is 0 Å². The van der Waals surface area contributed by atoms with E-state index in [0.717, 1.165) is 180 Å². The number of ether oxygens (including phenoxy) is 2. The fourth-order valence-corrected chi connectivity index (χ4v) is 9.79. The summed E-state index contributed by atoms with van der Waals surface area (Å²) in [5, 5.41) is 0. The van der Waals surface area contributed by atoms with Crippen LogP contribution in [0.4, 0.5) is 0 Å². The van der Waals surface area contributed by atoms with Gasteiger partial charge in [-0.05, 0) is 173 Å². The Balaban J connectivity index is 4.08. The van der Waals surface area contributed by atoms with Gasteiger partial charge in [0.2, 0.25) is 0 Å². The van der Waals surface area contributed by atoms with Crippen LogP contribution in [0.1, 0.15) is 245 Å². The number of phosphoric acid groups is 1. The van der Waals surface area contributed by atoms with Crippen LogP contribution < -0.4 is 5.73 Å². The first-order valence-corrected chi connectivity index (χ1v) is 38.7. The smallest absolute Gasteiger partial charge is 0.462 e. The van der Waals surface area contributed by atoms with Crippen molar-refractivity contribution in [2.75, 3.05) is 26.4 Å². The monoisotopic (exact) mass is 1350 g/mol. The summed E-state index contributed by atoms with van der Waals surface area (Å²) < 4.78 is 33.1. The fourth-order valence-electron chi connectivity index (χ4n) is 9.02. The number of esters is 2. The van der Waals surface area contributed by atoms with Crippen LogP contribution in [0.2, 0.25) is 0 Å². The normalized spacial score (nSPS) is 14.4. The third kappa shape index (κ3) is 78.4. The molecular weight excluding hydrogens is 1220 g/mol. The Labute approximate surface area is 592 Å². The van der Waals surface area contributed by atoms with E-state index in [4.69, 9.17) is 24.3 Å². The molecule has 0 aromatic heterocycles. The Kier molecular flexibility index (Phi) is 73.3. The maximum absolute atomic E-state index is 12.8. The predicted molar refractivity (Wildman–Crippen MR) is 421 cm³/mol. The van der Waals surface area contributed by atoms with Crippen molar-refractivity contribution in [3.63, 3.8) is 0 Å². The summed E-state index contributed by atoms with van der Waals surface area (Å²) >= 11 is 0. The molecule has 2 atom stereocenters. The molecule has 0 saturated carbocycles. The Morgan fingerprint density at radius 2 is 0.536 bits per heavy atom. The highest BCUT2D eigenvalue weighted by molar-refractivity contribution is 7.47. The van der Waals surface area contributed by atoms with Gasteiger partial charge in [-0.3, -0.25) is 18.6 Å². The van der Waals surface area contributed by atoms with Crippen LogP contribution in [0.15, 0.2) is 255 Å². The Hall–Kier alpha value is -6.45. The molecule has 0 heterocycles. The molecule has 2 unspecified atom stereocenters. The van der Waals surface area contributed by atoms with Crippen LogP contribution in [0, 0.1) is 0 Å². The molecule has 0 aliphatic carbocycles. The maximum Gasteiger partial charge on any atom is 0.472 e. The Morgan fingerprint density at radius 3 is 0.804 bits per heavy atom. The Morgan fingerprint density at radius 1 is 0.309 bits per heavy atom. The SMILES string of the molecule is CC/C=C\C/C=C\C/C=C\C/C=C\C/C=C\C/C=C\C/C=C\C/C=C\C/C=C\C/C=C\C/C=C\CCCCCC(=O)OC(COC(=O)CCCCCCCCCC/C=C\C/C=C\C/C=C\C/C=C\C/C=C\C/C=C\C/C=C\C/C=C\C/C=C\C/C=C\CC)COP(=O)(O)OCCN. The second-order valence-electron chi connectivity index (χ2n) is 23.3. The average Bonchev–Trinajstić information content (AvgIpc) is 2.17. The van der Waals surface area contributed by atoms with E-state index in [0.29, 0.717) is 12.8 Å². The van der Waals surface area contributed by atoms with Crippen molar-refractivity contribution in [1.29, 1.82) is 0 Å². The van der Waals surface area contributed by atoms with Crippen molar-refractivity contribution in [3.8, 4) is 0 Å². The summed E-state index contributed by atoms with van der Waals surface area (Å²) in [6.07, 6.45) is 126. The largest absolute Gasteiger partial charge is 0.472 e. The van der Waals surface area contributed by atoms with Gasteiger partial charge in [-0.2, -0.15) is 0 Å². The number of carbonyl (C=O) groups excluding carboxylic acids is 2. The molecule has 0 fully saturated rings. The number of nitrogens with two attached hydrogens (primary N) is 1. The first kappa shape index (κ1) is 90.5. The van der Waals surface area contributed by atoms with E-state index in [9.17, 15) is 19.0 Å². The zero-order chi connectivity index (χ0) is 70.0. The lowest BCUT2D eigenvalue weighted by Gasteiger charge is -2.19. The van der Waals surface area contributed by atoms with Crippen molar-refractivity contribution in [2.24, 2.45) is 5.73 Å². The molecule has 0 amide bonds. The lowest BCUT2D eigenvalue weighted by atomic mass is 10.1. The summed E-state index contributed by atoms with van der Waals surface area (Å²) in [5.74, 6) is -0.896. The van der Waals surface area contributed by atoms with Crippen molar-refractivity contribution in [1.82, 2.24) is 0 Å². The van der Waals surface area contributed by atoms with Gasteiger partial charge in [0.05, 0.1) is 13.2 Å². The third-order valence-corrected chi connectivity index (χ3v) is 15.4. The number of hydrogen-bond donors (Lipinski definition) is 2. The summed E-state index contributed by atoms with van der Waals surface area (Å²) in [4.78, 5) is 35.4. The van der Waals surface area contributed by atoms with Crippen LogP contribution in [0.3, 0.4) is 0 Å². The molecule has 0 aromatic rings. The maximum atomic E-state index is 12.8. The molecule has 10 heteroatoms. The minimum atomic E-state index is -4.43. The molecule has 0 aliphatic heterocycles. The van der Waals surface area contributed by atoms with Crippen molar-refractivity contribution >= 4 is 19.8 Å². The number of phosphoric ester groups is 1. The van der Waals surface area contributed by atoms with Crippen LogP contribution in [-0.2, 0) is 32.7 Å². The molecule has 538 valence electrons. The van der Waals surface area contributed by atoms with Gasteiger partial charge in [-0.1, -0.05) is 314 Å². The molecule has 97 heavy (non-hydrogen) atoms. The predicted octanol–water partition coefficient (Wildman–Crippen LogP) is 25.3. The molecule has 0 aliphatic rings. The first-order valence-electron chi connectivity index (χ1n) is 37.2. The van der Waals surface area contributed by atoms with E-state index in [1.54, 1.807) is 0 Å². The van der Waals surface area contributed by atoms with Gasteiger partial charge in [0.15, 0.2) is 6.10 Å². The molecule has 0 saturated heterocycles. The first-order chi connectivity index (χ1) is 47.8. The standard InChI is InChI=1S/C87H132NO8P/c1-3-5-7-9-11-13-15-17-19-21-23-25-27-29-31-33-35-37-39-41-42-44-45-47-49-51-53-55-57-59-61-63-65-67-69-71-73-75-77-79-86(89)93-83-85(84-95-97(91,92)94-82-81-88)96-87(90)80-78-76-74-72-70-68-66-64-62-60-58-56-54-52-50-48-46-43-40-38-36-34-32-30-28-26-24-22-20-18-16-14-12-10-8-6-4-2/h5-8,11-14,17-20,23-26,29-32,35-38,41-43,45-47,50-53,56-59,62,64,68,70,85H,3-4,9-10,15-16,21-22,27-28,33-34,39-40,44,48-49,54-55,60-61,63,65-67,69,71-84,88H2,1-2H3,(H,91,92)/b7-5-,8-6-,13-11-,14-12-,19-17-,20-18-,25-23-,26-24-,31-29-,32-30-,37-35-,38-36-,42-41-,46-43-,47-45-,52-50-,53-51-,58-56-,59-57-,64-62-,70-68-. The molecule has 3 N–H and O–H groups in total. The second-order valence-corrected chi connectivity index (χ2v) is 24.8. The second kappa shape index (κ2) is 78.5. The topological polar surface area (TPSA) is 134 Å². The molecular formula is C87H132NO8P. The van der Waals surface area contributed by atoms with Gasteiger partial charge in [0.1, 0.15) is 6.61 Å². The van der Waals surface area contributed by atoms with Gasteiger partial charge in [-0.15, -0.1) is 0 Å². The Bertz CT molecular complexity index is 2550. The highest BCUT2D eigenvalue weighted by atomic mass is 31.2. The highest BCUT2D eigenvalue weighted by Crippen LogP contribution is 2.43. The van der Waals surface area contributed by atoms with E-state index < -0.39 is 32.5 Å². The number of rotatable bonds is 66. The summed E-state index contributed by atoms with van der Waals surface area (Å²) in [6.45, 7) is 3.43. The average molecular weight is 1350 g/mol. The molecule has 0 aromatic carbocycles. The van der Waals surface area contributed by atoms with Crippen LogP contribution in [-0.4, -0.2) is 49.3 Å². The minimum absolute atomic E-state index is 0.0324. The van der Waals surface area contributed by atoms with Gasteiger partial charge in [0.25, 0.3) is 0 Å². The van der Waals surface area contributed by atoms with Crippen LogP contribution in [0.5, 0.6) is 0 Å². The number of hydrogen-bond acceptors (Lipinski definition) is 8. The zero-order valence-corrected chi connectivity index (χ0v) is 61.3. The van der Waals surface area contributed by atoms with E-state index in [-0.39, 0.29) is 32.6 Å². The van der Waals surface area contributed by atoms with E-state index in [1.165, 1.54) is 25.7 Å². The highest BCUT2D eigenvalue weighted by Gasteiger charge is 2.26. The lowest BCUT2D eigenvalue weighted by molar-refractivity contribution is -0.161. The van der Waals surface area contributed by atoms with Crippen LogP contribution in [0.25, 0.3) is 0 Å². The molecule has 0 bridgehead atoms. The molecule has 0 radical (unpaired) electrons. The van der Waals surface area contributed by atoms with Crippen molar-refractivity contribution in [3.05, 3.63) is 255 Å². The molecule has 9 nitrogen and oxygen atoms in total. The van der Waals surface area contributed by atoms with Gasteiger partial charge in [0, 0.05) is 19.4 Å². The van der Waals surface area contributed by atoms with Gasteiger partial charge < -0.3 is 20.1 Å². The molecule has 0 spiro atoms. The minimum Gasteiger partial charge on any atom is -0.462 e. The number of allylic oxidation sites excluding steroid dienone is 42. The lowest BCUT2D eigenvalue weighted by Crippen LogP contribution is -2.29. The summed E-state index contributed by atoms with van der Waals surface area (Å²) in [7, 11) is -4.43. The number of carbonyl (C=O) groups is 2. The number of unbranched alkanes of at least 4 members (excludes halogenated alkanes) is 11. The zero-order valence-electron chi connectivity index (χ0n) is 60.4. The third-order valence-electron chi connectivity index (χ3n) is 14.4. The van der Waals surface area contributed by atoms with Gasteiger partial charge in [-0.25, -0.2) is 4.57 Å². The quantitative estimate of drug-likeness (QED) is 0.0264. The fraction of sp³-hybridized carbons (Fsp3) is 0.494. The summed E-state index contributed by atoms with van der Waals surface area (Å²) in [6, 6.07) is 0. The summed E-state index contributed by atoms with van der Waals surface area (Å²) in [5.41, 5.74) is 5.40.